The molecule has 0 saturated heterocycles. The normalized spacial score (nSPS) is 15.3. The molecule has 0 heterocycles. The van der Waals surface area contributed by atoms with Crippen molar-refractivity contribution in [1.29, 1.82) is 0 Å². The molecule has 0 atom stereocenters. The maximum Gasteiger partial charge on any atom is 0.128 e. The van der Waals surface area contributed by atoms with Gasteiger partial charge in [0.15, 0.2) is 0 Å². The van der Waals surface area contributed by atoms with E-state index < -0.39 is 0 Å². The van der Waals surface area contributed by atoms with Crippen LogP contribution < -0.4 is 11.1 Å². The van der Waals surface area contributed by atoms with Gasteiger partial charge in [-0.1, -0.05) is 12.8 Å². The lowest BCUT2D eigenvalue weighted by Gasteiger charge is -2.10. The largest absolute Gasteiger partial charge is 0.397 e. The summed E-state index contributed by atoms with van der Waals surface area (Å²) >= 11 is 0. The highest BCUT2D eigenvalue weighted by Crippen LogP contribution is 2.32. The molecular weight excluding hydrogens is 191 g/mol. The van der Waals surface area contributed by atoms with Gasteiger partial charge in [0.05, 0.1) is 11.4 Å². The first-order valence-electron chi connectivity index (χ1n) is 5.46. The van der Waals surface area contributed by atoms with Crippen molar-refractivity contribution in [3.05, 3.63) is 23.5 Å². The van der Waals surface area contributed by atoms with Gasteiger partial charge in [0.1, 0.15) is 5.82 Å². The van der Waals surface area contributed by atoms with Gasteiger partial charge in [-0.3, -0.25) is 0 Å². The van der Waals surface area contributed by atoms with Crippen molar-refractivity contribution in [1.82, 2.24) is 0 Å². The molecule has 1 aromatic rings. The molecule has 0 unspecified atom stereocenters. The summed E-state index contributed by atoms with van der Waals surface area (Å²) in [6, 6.07) is 3.16. The Balaban J connectivity index is 1.96. The van der Waals surface area contributed by atoms with E-state index in [1.807, 2.05) is 0 Å². The minimum Gasteiger partial charge on any atom is -0.397 e. The second-order valence-electron chi connectivity index (χ2n) is 4.35. The van der Waals surface area contributed by atoms with E-state index in [1.165, 1.54) is 25.3 Å². The Bertz CT molecular complexity index is 359. The summed E-state index contributed by atoms with van der Waals surface area (Å²) in [6.07, 6.45) is 3.91. The zero-order chi connectivity index (χ0) is 10.8. The van der Waals surface area contributed by atoms with Crippen LogP contribution in [0.15, 0.2) is 12.1 Å². The zero-order valence-electron chi connectivity index (χ0n) is 9.02. The highest BCUT2D eigenvalue weighted by molar-refractivity contribution is 5.67. The molecule has 82 valence electrons. The lowest BCUT2D eigenvalue weighted by molar-refractivity contribution is 0.619. The molecule has 2 nitrogen and oxygen atoms in total. The Hall–Kier alpha value is -1.25. The first-order valence-corrected chi connectivity index (χ1v) is 5.46. The number of hydrogen-bond acceptors (Lipinski definition) is 2. The Morgan fingerprint density at radius 3 is 2.87 bits per heavy atom. The van der Waals surface area contributed by atoms with E-state index in [4.69, 9.17) is 5.73 Å². The standard InChI is InChI=1S/C12H17FN2/c1-8-6-12(11(14)7-10(8)13)15-5-4-9-2-3-9/h6-7,9,15H,2-5,14H2,1H3. The topological polar surface area (TPSA) is 38.0 Å². The van der Waals surface area contributed by atoms with E-state index in [0.29, 0.717) is 11.3 Å². The number of nitrogen functional groups attached to an aromatic ring is 1. The molecule has 0 radical (unpaired) electrons. The van der Waals surface area contributed by atoms with Gasteiger partial charge in [-0.2, -0.15) is 0 Å². The number of aryl methyl sites for hydroxylation is 1. The van der Waals surface area contributed by atoms with Crippen LogP contribution in [0.25, 0.3) is 0 Å². The van der Waals surface area contributed by atoms with Crippen LogP contribution in [-0.2, 0) is 0 Å². The molecule has 1 aliphatic rings. The van der Waals surface area contributed by atoms with Gasteiger partial charge in [0.25, 0.3) is 0 Å². The number of nitrogens with two attached hydrogens (primary N) is 1. The van der Waals surface area contributed by atoms with Gasteiger partial charge in [0.2, 0.25) is 0 Å². The molecule has 2 rings (SSSR count). The van der Waals surface area contributed by atoms with Gasteiger partial charge >= 0.3 is 0 Å². The maximum absolute atomic E-state index is 13.1. The molecule has 15 heavy (non-hydrogen) atoms. The number of halogens is 1. The fourth-order valence-electron chi connectivity index (χ4n) is 1.67. The quantitative estimate of drug-likeness (QED) is 0.746. The highest BCUT2D eigenvalue weighted by atomic mass is 19.1. The number of nitrogens with one attached hydrogen (secondary N) is 1. The van der Waals surface area contributed by atoms with Gasteiger partial charge in [0, 0.05) is 6.54 Å². The third-order valence-corrected chi connectivity index (χ3v) is 2.90. The van der Waals surface area contributed by atoms with Gasteiger partial charge in [-0.25, -0.2) is 4.39 Å². The monoisotopic (exact) mass is 208 g/mol. The number of benzene rings is 1. The molecule has 0 aromatic heterocycles. The molecule has 1 fully saturated rings. The van der Waals surface area contributed by atoms with E-state index >= 15 is 0 Å². The summed E-state index contributed by atoms with van der Waals surface area (Å²) in [7, 11) is 0. The first kappa shape index (κ1) is 10.3. The smallest absolute Gasteiger partial charge is 0.128 e. The molecule has 3 N–H and O–H groups in total. The van der Waals surface area contributed by atoms with Crippen LogP contribution in [0.1, 0.15) is 24.8 Å². The fourth-order valence-corrected chi connectivity index (χ4v) is 1.67. The van der Waals surface area contributed by atoms with Crippen molar-refractivity contribution in [2.24, 2.45) is 5.92 Å². The lowest BCUT2D eigenvalue weighted by atomic mass is 10.1. The second-order valence-corrected chi connectivity index (χ2v) is 4.35. The van der Waals surface area contributed by atoms with E-state index in [-0.39, 0.29) is 5.82 Å². The Labute approximate surface area is 89.7 Å². The van der Waals surface area contributed by atoms with Crippen molar-refractivity contribution in [2.45, 2.75) is 26.2 Å². The van der Waals surface area contributed by atoms with Gasteiger partial charge in [-0.15, -0.1) is 0 Å². The summed E-state index contributed by atoms with van der Waals surface area (Å²) in [5.74, 6) is 0.667. The van der Waals surface area contributed by atoms with Crippen LogP contribution >= 0.6 is 0 Å². The molecule has 3 heteroatoms. The van der Waals surface area contributed by atoms with Crippen LogP contribution in [0, 0.1) is 18.7 Å². The number of hydrogen-bond donors (Lipinski definition) is 2. The van der Waals surface area contributed by atoms with Crippen LogP contribution in [0.3, 0.4) is 0 Å². The molecule has 1 saturated carbocycles. The molecule has 0 bridgehead atoms. The van der Waals surface area contributed by atoms with Crippen LogP contribution in [0.4, 0.5) is 15.8 Å². The molecular formula is C12H17FN2. The SMILES string of the molecule is Cc1cc(NCCC2CC2)c(N)cc1F. The van der Waals surface area contributed by atoms with Gasteiger partial charge < -0.3 is 11.1 Å². The van der Waals surface area contributed by atoms with Crippen LogP contribution in [0.5, 0.6) is 0 Å². The third kappa shape index (κ3) is 2.61. The van der Waals surface area contributed by atoms with E-state index in [9.17, 15) is 4.39 Å². The number of anilines is 2. The summed E-state index contributed by atoms with van der Waals surface area (Å²) in [5.41, 5.74) is 7.71. The summed E-state index contributed by atoms with van der Waals surface area (Å²) in [5, 5.41) is 3.26. The average Bonchev–Trinajstić information content (AvgIpc) is 2.97. The van der Waals surface area contributed by atoms with E-state index in [2.05, 4.69) is 5.32 Å². The van der Waals surface area contributed by atoms with Gasteiger partial charge in [-0.05, 0) is 37.0 Å². The third-order valence-electron chi connectivity index (χ3n) is 2.90. The van der Waals surface area contributed by atoms with Crippen molar-refractivity contribution in [2.75, 3.05) is 17.6 Å². The summed E-state index contributed by atoms with van der Waals surface area (Å²) in [4.78, 5) is 0. The predicted molar refractivity (Wildman–Crippen MR) is 61.4 cm³/mol. The predicted octanol–water partition coefficient (Wildman–Crippen LogP) is 2.93. The summed E-state index contributed by atoms with van der Waals surface area (Å²) in [6.45, 7) is 2.68. The minimum absolute atomic E-state index is 0.236. The van der Waals surface area contributed by atoms with E-state index in [0.717, 1.165) is 18.2 Å². The van der Waals surface area contributed by atoms with Crippen molar-refractivity contribution < 1.29 is 4.39 Å². The van der Waals surface area contributed by atoms with Crippen molar-refractivity contribution in [3.8, 4) is 0 Å². The van der Waals surface area contributed by atoms with Crippen LogP contribution in [0.2, 0.25) is 0 Å². The summed E-state index contributed by atoms with van der Waals surface area (Å²) < 4.78 is 13.1. The molecule has 1 aliphatic carbocycles. The Morgan fingerprint density at radius 1 is 1.47 bits per heavy atom. The minimum atomic E-state index is -0.236. The second kappa shape index (κ2) is 4.09. The highest BCUT2D eigenvalue weighted by Gasteiger charge is 2.20. The Kier molecular flexibility index (Phi) is 2.80. The maximum atomic E-state index is 13.1. The van der Waals surface area contributed by atoms with Crippen LogP contribution in [-0.4, -0.2) is 6.54 Å². The average molecular weight is 208 g/mol. The molecule has 0 spiro atoms. The lowest BCUT2D eigenvalue weighted by Crippen LogP contribution is -2.05. The van der Waals surface area contributed by atoms with E-state index in [1.54, 1.807) is 13.0 Å². The fraction of sp³-hybridized carbons (Fsp3) is 0.500. The van der Waals surface area contributed by atoms with Crippen molar-refractivity contribution in [3.63, 3.8) is 0 Å². The Morgan fingerprint density at radius 2 is 2.20 bits per heavy atom. The molecule has 0 aliphatic heterocycles. The molecule has 1 aromatic carbocycles. The first-order chi connectivity index (χ1) is 7.16. The number of rotatable bonds is 4. The molecule has 0 amide bonds. The van der Waals surface area contributed by atoms with Crippen molar-refractivity contribution >= 4 is 11.4 Å². The zero-order valence-corrected chi connectivity index (χ0v) is 9.02.